The number of hydrogen-bond donors (Lipinski definition) is 1. The van der Waals surface area contributed by atoms with Crippen LogP contribution in [0.3, 0.4) is 0 Å². The number of carboxylic acids is 1. The van der Waals surface area contributed by atoms with Crippen molar-refractivity contribution in [2.45, 2.75) is 38.3 Å². The van der Waals surface area contributed by atoms with Gasteiger partial charge in [0.25, 0.3) is 5.91 Å². The first-order chi connectivity index (χ1) is 17.2. The van der Waals surface area contributed by atoms with Crippen LogP contribution in [-0.4, -0.2) is 41.1 Å². The van der Waals surface area contributed by atoms with E-state index < -0.39 is 17.4 Å². The van der Waals surface area contributed by atoms with E-state index in [1.807, 2.05) is 25.1 Å². The smallest absolute Gasteiger partial charge is 0.305 e. The number of carboxylic acid groups (broad SMARTS) is 1. The molecule has 1 N–H and O–H groups in total. The zero-order valence-corrected chi connectivity index (χ0v) is 20.8. The molecule has 0 aromatic heterocycles. The molecule has 0 unspecified atom stereocenters. The Labute approximate surface area is 214 Å². The highest BCUT2D eigenvalue weighted by atomic mass is 35.5. The maximum absolute atomic E-state index is 13.9. The fourth-order valence-corrected chi connectivity index (χ4v) is 4.66. The highest BCUT2D eigenvalue weighted by Crippen LogP contribution is 2.38. The van der Waals surface area contributed by atoms with Gasteiger partial charge in [-0.2, -0.15) is 0 Å². The average Bonchev–Trinajstić information content (AvgIpc) is 3.18. The van der Waals surface area contributed by atoms with Crippen LogP contribution in [0.25, 0.3) is 0 Å². The number of carbonyl (C=O) groups is 2. The summed E-state index contributed by atoms with van der Waals surface area (Å²) < 4.78 is 25.5. The van der Waals surface area contributed by atoms with Crippen molar-refractivity contribution in [1.29, 1.82) is 0 Å². The lowest BCUT2D eigenvalue weighted by Gasteiger charge is -2.24. The number of carbonyl (C=O) groups excluding carboxylic acids is 1. The molecule has 188 valence electrons. The van der Waals surface area contributed by atoms with Crippen LogP contribution >= 0.6 is 11.6 Å². The molecule has 3 aromatic carbocycles. The molecule has 1 aliphatic rings. The zero-order chi connectivity index (χ0) is 25.9. The molecule has 3 aromatic rings. The molecule has 8 heteroatoms. The predicted octanol–water partition coefficient (Wildman–Crippen LogP) is 5.54. The van der Waals surface area contributed by atoms with Crippen molar-refractivity contribution in [3.63, 3.8) is 0 Å². The van der Waals surface area contributed by atoms with E-state index in [1.165, 1.54) is 17.0 Å². The molecule has 1 amide bonds. The molecular formula is C28H27ClFNO5. The van der Waals surface area contributed by atoms with Gasteiger partial charge in [-0.15, -0.1) is 0 Å². The number of hydrogen-bond acceptors (Lipinski definition) is 4. The summed E-state index contributed by atoms with van der Waals surface area (Å²) in [5.41, 5.74) is 2.25. The fourth-order valence-electron chi connectivity index (χ4n) is 4.54. The Morgan fingerprint density at radius 2 is 1.94 bits per heavy atom. The zero-order valence-electron chi connectivity index (χ0n) is 20.1. The van der Waals surface area contributed by atoms with Crippen LogP contribution in [0.5, 0.6) is 11.5 Å². The Morgan fingerprint density at radius 1 is 1.17 bits per heavy atom. The topological polar surface area (TPSA) is 76.1 Å². The summed E-state index contributed by atoms with van der Waals surface area (Å²) in [5.74, 6) is -0.437. The number of halogens is 2. The first kappa shape index (κ1) is 25.5. The third-order valence-corrected chi connectivity index (χ3v) is 6.53. The van der Waals surface area contributed by atoms with Crippen LogP contribution in [0, 0.1) is 5.82 Å². The number of para-hydroxylation sites is 1. The first-order valence-electron chi connectivity index (χ1n) is 11.6. The molecule has 0 fully saturated rings. The van der Waals surface area contributed by atoms with Crippen LogP contribution in [-0.2, 0) is 24.2 Å². The van der Waals surface area contributed by atoms with E-state index in [9.17, 15) is 19.1 Å². The van der Waals surface area contributed by atoms with Gasteiger partial charge in [-0.1, -0.05) is 35.9 Å². The second-order valence-electron chi connectivity index (χ2n) is 9.16. The molecule has 1 heterocycles. The fraction of sp³-hybridized carbons (Fsp3) is 0.286. The van der Waals surface area contributed by atoms with Gasteiger partial charge in [0.05, 0.1) is 18.6 Å². The Balaban J connectivity index is 1.54. The van der Waals surface area contributed by atoms with Gasteiger partial charge in [0, 0.05) is 37.1 Å². The van der Waals surface area contributed by atoms with E-state index in [2.05, 4.69) is 0 Å². The van der Waals surface area contributed by atoms with E-state index in [1.54, 1.807) is 37.4 Å². The van der Waals surface area contributed by atoms with Crippen LogP contribution in [0.15, 0.2) is 60.7 Å². The lowest BCUT2D eigenvalue weighted by atomic mass is 9.91. The third-order valence-electron chi connectivity index (χ3n) is 6.23. The molecule has 0 spiro atoms. The standard InChI is InChI=1S/C28H27ClFNO5/c1-28(15-18-7-9-22(29)23(30)13-18)16-21-14-19(8-10-25(21)36-28)27(34)31(12-11-26(32)33)17-20-5-3-4-6-24(20)35-2/h3-10,13-14H,11-12,15-17H2,1-2H3,(H,32,33)/t28-/m1/s1. The Morgan fingerprint density at radius 3 is 2.67 bits per heavy atom. The van der Waals surface area contributed by atoms with E-state index in [-0.39, 0.29) is 30.4 Å². The minimum Gasteiger partial charge on any atom is -0.496 e. The second-order valence-corrected chi connectivity index (χ2v) is 9.57. The number of nitrogens with zero attached hydrogens (tertiary/aromatic N) is 1. The number of methoxy groups -OCH3 is 1. The maximum Gasteiger partial charge on any atom is 0.305 e. The van der Waals surface area contributed by atoms with Crippen molar-refractivity contribution in [3.8, 4) is 11.5 Å². The van der Waals surface area contributed by atoms with E-state index in [4.69, 9.17) is 21.1 Å². The van der Waals surface area contributed by atoms with Crippen molar-refractivity contribution in [2.24, 2.45) is 0 Å². The Kier molecular flexibility index (Phi) is 7.50. The average molecular weight is 512 g/mol. The number of benzene rings is 3. The predicted molar refractivity (Wildman–Crippen MR) is 134 cm³/mol. The summed E-state index contributed by atoms with van der Waals surface area (Å²) in [7, 11) is 1.55. The second kappa shape index (κ2) is 10.6. The maximum atomic E-state index is 13.9. The van der Waals surface area contributed by atoms with Gasteiger partial charge >= 0.3 is 5.97 Å². The molecule has 6 nitrogen and oxygen atoms in total. The normalized spacial score (nSPS) is 16.2. The summed E-state index contributed by atoms with van der Waals surface area (Å²) in [5, 5.41) is 9.28. The summed E-state index contributed by atoms with van der Waals surface area (Å²) >= 11 is 5.80. The largest absolute Gasteiger partial charge is 0.496 e. The Bertz CT molecular complexity index is 1300. The summed E-state index contributed by atoms with van der Waals surface area (Å²) in [6, 6.07) is 17.3. The van der Waals surface area contributed by atoms with Crippen LogP contribution < -0.4 is 9.47 Å². The van der Waals surface area contributed by atoms with Crippen LogP contribution in [0.2, 0.25) is 5.02 Å². The van der Waals surface area contributed by atoms with Gasteiger partial charge in [-0.05, 0) is 54.4 Å². The minimum absolute atomic E-state index is 0.0552. The van der Waals surface area contributed by atoms with Gasteiger partial charge < -0.3 is 19.5 Å². The number of ether oxygens (including phenoxy) is 2. The molecular weight excluding hydrogens is 485 g/mol. The van der Waals surface area contributed by atoms with Crippen LogP contribution in [0.1, 0.15) is 40.4 Å². The highest BCUT2D eigenvalue weighted by Gasteiger charge is 2.36. The molecule has 0 radical (unpaired) electrons. The molecule has 4 rings (SSSR count). The van der Waals surface area contributed by atoms with Crippen molar-refractivity contribution >= 4 is 23.5 Å². The molecule has 0 aliphatic carbocycles. The van der Waals surface area contributed by atoms with Gasteiger partial charge in [0.15, 0.2) is 0 Å². The molecule has 0 saturated carbocycles. The molecule has 1 atom stereocenters. The van der Waals surface area contributed by atoms with Gasteiger partial charge in [-0.3, -0.25) is 9.59 Å². The van der Waals surface area contributed by atoms with Gasteiger partial charge in [-0.25, -0.2) is 4.39 Å². The summed E-state index contributed by atoms with van der Waals surface area (Å²) in [4.78, 5) is 26.2. The monoisotopic (exact) mass is 511 g/mol. The molecule has 36 heavy (non-hydrogen) atoms. The quantitative estimate of drug-likeness (QED) is 0.408. The SMILES string of the molecule is COc1ccccc1CN(CCC(=O)O)C(=O)c1ccc2c(c1)C[C@@](C)(Cc1ccc(Cl)c(F)c1)O2. The molecule has 0 saturated heterocycles. The van der Waals surface area contributed by atoms with Gasteiger partial charge in [0.1, 0.15) is 22.9 Å². The number of amides is 1. The minimum atomic E-state index is -0.982. The number of fused-ring (bicyclic) bond motifs is 1. The third kappa shape index (κ3) is 5.79. The number of rotatable bonds is 9. The molecule has 1 aliphatic heterocycles. The van der Waals surface area contributed by atoms with E-state index in [0.29, 0.717) is 29.9 Å². The first-order valence-corrected chi connectivity index (χ1v) is 11.9. The van der Waals surface area contributed by atoms with Crippen LogP contribution in [0.4, 0.5) is 4.39 Å². The lowest BCUT2D eigenvalue weighted by Crippen LogP contribution is -2.33. The van der Waals surface area contributed by atoms with Crippen molar-refractivity contribution in [1.82, 2.24) is 4.90 Å². The molecule has 0 bridgehead atoms. The van der Waals surface area contributed by atoms with Crippen molar-refractivity contribution in [3.05, 3.63) is 93.8 Å². The summed E-state index contributed by atoms with van der Waals surface area (Å²) in [6.07, 6.45) is 0.831. The van der Waals surface area contributed by atoms with E-state index >= 15 is 0 Å². The summed E-state index contributed by atoms with van der Waals surface area (Å²) in [6.45, 7) is 2.21. The number of aliphatic carboxylic acids is 1. The lowest BCUT2D eigenvalue weighted by molar-refractivity contribution is -0.137. The van der Waals surface area contributed by atoms with Crippen molar-refractivity contribution in [2.75, 3.05) is 13.7 Å². The van der Waals surface area contributed by atoms with Crippen molar-refractivity contribution < 1.29 is 28.6 Å². The highest BCUT2D eigenvalue weighted by molar-refractivity contribution is 6.30. The Hall–Kier alpha value is -3.58. The van der Waals surface area contributed by atoms with Gasteiger partial charge in [0.2, 0.25) is 0 Å². The van der Waals surface area contributed by atoms with E-state index in [0.717, 1.165) is 16.7 Å².